The van der Waals surface area contributed by atoms with Crippen LogP contribution in [-0.4, -0.2) is 40.7 Å². The predicted molar refractivity (Wildman–Crippen MR) is 81.6 cm³/mol. The molecule has 3 atom stereocenters. The number of amides is 1. The number of morpholine rings is 1. The summed E-state index contributed by atoms with van der Waals surface area (Å²) < 4.78 is 24.1. The molecule has 1 aliphatic carbocycles. The summed E-state index contributed by atoms with van der Waals surface area (Å²) in [6, 6.07) is 6.41. The van der Waals surface area contributed by atoms with Crippen LogP contribution in [-0.2, 0) is 9.53 Å². The topological polar surface area (TPSA) is 68.5 Å². The second kappa shape index (κ2) is 5.98. The molecule has 2 heterocycles. The van der Waals surface area contributed by atoms with E-state index in [-0.39, 0.29) is 29.7 Å². The zero-order valence-corrected chi connectivity index (χ0v) is 13.3. The van der Waals surface area contributed by atoms with Gasteiger partial charge in [0.1, 0.15) is 5.82 Å². The van der Waals surface area contributed by atoms with Crippen molar-refractivity contribution in [2.75, 3.05) is 19.7 Å². The molecule has 4 rings (SSSR count). The highest BCUT2D eigenvalue weighted by molar-refractivity contribution is 5.83. The van der Waals surface area contributed by atoms with Gasteiger partial charge in [0.15, 0.2) is 6.10 Å². The molecule has 7 heteroatoms. The highest BCUT2D eigenvalue weighted by Gasteiger charge is 2.46. The molecule has 3 unspecified atom stereocenters. The van der Waals surface area contributed by atoms with Gasteiger partial charge in [-0.05, 0) is 30.0 Å². The van der Waals surface area contributed by atoms with Gasteiger partial charge in [0, 0.05) is 19.4 Å². The van der Waals surface area contributed by atoms with E-state index in [9.17, 15) is 9.18 Å². The molecule has 2 aromatic rings. The Morgan fingerprint density at radius 3 is 2.79 bits per heavy atom. The largest absolute Gasteiger partial charge is 0.423 e. The lowest BCUT2D eigenvalue weighted by atomic mass is 10.1. The molecule has 1 aromatic heterocycles. The Balaban J connectivity index is 1.41. The number of ether oxygens (including phenoxy) is 1. The van der Waals surface area contributed by atoms with Gasteiger partial charge < -0.3 is 14.1 Å². The number of benzene rings is 1. The maximum atomic E-state index is 13.0. The Bertz CT molecular complexity index is 746. The first-order chi connectivity index (χ1) is 11.6. The smallest absolute Gasteiger partial charge is 0.246 e. The molecule has 1 saturated heterocycles. The van der Waals surface area contributed by atoms with Crippen molar-refractivity contribution >= 4 is 5.91 Å². The molecule has 1 aliphatic heterocycles. The number of carbonyl (C=O) groups excluding carboxylic acids is 1. The molecule has 1 amide bonds. The van der Waals surface area contributed by atoms with Gasteiger partial charge in [-0.2, -0.15) is 0 Å². The molecule has 0 bridgehead atoms. The molecule has 24 heavy (non-hydrogen) atoms. The molecule has 2 fully saturated rings. The van der Waals surface area contributed by atoms with Crippen LogP contribution in [0, 0.1) is 18.7 Å². The molecule has 0 spiro atoms. The molecule has 0 radical (unpaired) electrons. The van der Waals surface area contributed by atoms with E-state index in [1.807, 2.05) is 4.90 Å². The van der Waals surface area contributed by atoms with E-state index >= 15 is 0 Å². The number of rotatable bonds is 3. The Labute approximate surface area is 138 Å². The minimum Gasteiger partial charge on any atom is -0.423 e. The molecular weight excluding hydrogens is 313 g/mol. The third kappa shape index (κ3) is 2.91. The average Bonchev–Trinajstić information content (AvgIpc) is 3.28. The quantitative estimate of drug-likeness (QED) is 0.863. The van der Waals surface area contributed by atoms with Crippen LogP contribution < -0.4 is 0 Å². The number of hydrogen-bond donors (Lipinski definition) is 0. The van der Waals surface area contributed by atoms with Gasteiger partial charge in [0.2, 0.25) is 17.7 Å². The zero-order valence-electron chi connectivity index (χ0n) is 13.3. The first kappa shape index (κ1) is 15.3. The van der Waals surface area contributed by atoms with Gasteiger partial charge in [-0.25, -0.2) is 4.39 Å². The molecule has 1 aromatic carbocycles. The van der Waals surface area contributed by atoms with E-state index in [4.69, 9.17) is 9.15 Å². The summed E-state index contributed by atoms with van der Waals surface area (Å²) in [5.74, 6) is 0.914. The lowest BCUT2D eigenvalue weighted by Crippen LogP contribution is -2.43. The minimum absolute atomic E-state index is 0.0290. The van der Waals surface area contributed by atoms with Gasteiger partial charge in [-0.3, -0.25) is 4.79 Å². The Hall–Kier alpha value is -2.28. The number of aryl methyl sites for hydroxylation is 1. The highest BCUT2D eigenvalue weighted by atomic mass is 19.1. The summed E-state index contributed by atoms with van der Waals surface area (Å²) in [6.07, 6.45) is 0.443. The number of hydrogen-bond acceptors (Lipinski definition) is 5. The van der Waals surface area contributed by atoms with Gasteiger partial charge >= 0.3 is 0 Å². The van der Waals surface area contributed by atoms with Crippen molar-refractivity contribution in [2.45, 2.75) is 25.4 Å². The van der Waals surface area contributed by atoms with Crippen molar-refractivity contribution in [3.8, 4) is 0 Å². The monoisotopic (exact) mass is 331 g/mol. The van der Waals surface area contributed by atoms with Crippen LogP contribution in [0.25, 0.3) is 0 Å². The molecule has 0 N–H and O–H groups in total. The third-order valence-corrected chi connectivity index (χ3v) is 4.60. The van der Waals surface area contributed by atoms with Gasteiger partial charge in [0.25, 0.3) is 0 Å². The standard InChI is InChI=1S/C17H18FN3O3/c1-10-19-20-16(24-10)15-9-21(6-7-23-15)17(22)14-8-13(14)11-2-4-12(18)5-3-11/h2-5,13-15H,6-9H2,1H3. The van der Waals surface area contributed by atoms with Crippen LogP contribution in [0.1, 0.15) is 35.8 Å². The van der Waals surface area contributed by atoms with E-state index in [1.54, 1.807) is 19.1 Å². The van der Waals surface area contributed by atoms with Crippen LogP contribution in [0.5, 0.6) is 0 Å². The van der Waals surface area contributed by atoms with E-state index < -0.39 is 0 Å². The van der Waals surface area contributed by atoms with Gasteiger partial charge in [-0.1, -0.05) is 12.1 Å². The van der Waals surface area contributed by atoms with Crippen molar-refractivity contribution < 1.29 is 18.3 Å². The molecular formula is C17H18FN3O3. The number of nitrogens with zero attached hydrogens (tertiary/aromatic N) is 3. The zero-order chi connectivity index (χ0) is 16.7. The van der Waals surface area contributed by atoms with Crippen LogP contribution in [0.15, 0.2) is 28.7 Å². The predicted octanol–water partition coefficient (Wildman–Crippen LogP) is 2.22. The van der Waals surface area contributed by atoms with Crippen LogP contribution in [0.3, 0.4) is 0 Å². The van der Waals surface area contributed by atoms with Crippen molar-refractivity contribution in [1.82, 2.24) is 15.1 Å². The molecule has 126 valence electrons. The van der Waals surface area contributed by atoms with E-state index in [2.05, 4.69) is 10.2 Å². The van der Waals surface area contributed by atoms with Gasteiger partial charge in [0.05, 0.1) is 13.2 Å². The Kier molecular flexibility index (Phi) is 3.80. The molecule has 2 aliphatic rings. The lowest BCUT2D eigenvalue weighted by Gasteiger charge is -2.31. The maximum absolute atomic E-state index is 13.0. The fourth-order valence-electron chi connectivity index (χ4n) is 3.22. The van der Waals surface area contributed by atoms with E-state index in [0.29, 0.717) is 31.5 Å². The number of carbonyl (C=O) groups is 1. The minimum atomic E-state index is -0.369. The number of halogens is 1. The summed E-state index contributed by atoms with van der Waals surface area (Å²) in [5, 5.41) is 7.79. The Morgan fingerprint density at radius 1 is 1.29 bits per heavy atom. The molecule has 6 nitrogen and oxygen atoms in total. The fourth-order valence-corrected chi connectivity index (χ4v) is 3.22. The van der Waals surface area contributed by atoms with E-state index in [1.165, 1.54) is 12.1 Å². The highest BCUT2D eigenvalue weighted by Crippen LogP contribution is 2.48. The summed E-state index contributed by atoms with van der Waals surface area (Å²) in [6.45, 7) is 3.16. The summed E-state index contributed by atoms with van der Waals surface area (Å²) in [4.78, 5) is 14.5. The van der Waals surface area contributed by atoms with Crippen LogP contribution >= 0.6 is 0 Å². The normalized spacial score (nSPS) is 26.4. The maximum Gasteiger partial charge on any atom is 0.246 e. The Morgan fingerprint density at radius 2 is 2.08 bits per heavy atom. The number of aromatic nitrogens is 2. The van der Waals surface area contributed by atoms with Gasteiger partial charge in [-0.15, -0.1) is 10.2 Å². The van der Waals surface area contributed by atoms with Crippen molar-refractivity contribution in [1.29, 1.82) is 0 Å². The second-order valence-corrected chi connectivity index (χ2v) is 6.30. The van der Waals surface area contributed by atoms with Crippen LogP contribution in [0.4, 0.5) is 4.39 Å². The second-order valence-electron chi connectivity index (χ2n) is 6.30. The molecule has 1 saturated carbocycles. The first-order valence-electron chi connectivity index (χ1n) is 8.07. The summed E-state index contributed by atoms with van der Waals surface area (Å²) in [5.41, 5.74) is 1.02. The fraction of sp³-hybridized carbons (Fsp3) is 0.471. The van der Waals surface area contributed by atoms with Crippen molar-refractivity contribution in [3.63, 3.8) is 0 Å². The summed E-state index contributed by atoms with van der Waals surface area (Å²) >= 11 is 0. The lowest BCUT2D eigenvalue weighted by molar-refractivity contribution is -0.141. The van der Waals surface area contributed by atoms with Crippen molar-refractivity contribution in [3.05, 3.63) is 47.4 Å². The average molecular weight is 331 g/mol. The first-order valence-corrected chi connectivity index (χ1v) is 8.07. The van der Waals surface area contributed by atoms with Crippen molar-refractivity contribution in [2.24, 2.45) is 5.92 Å². The SMILES string of the molecule is Cc1nnc(C2CN(C(=O)C3CC3c3ccc(F)cc3)CCO2)o1. The third-order valence-electron chi connectivity index (χ3n) is 4.60. The van der Waals surface area contributed by atoms with Crippen LogP contribution in [0.2, 0.25) is 0 Å². The van der Waals surface area contributed by atoms with E-state index in [0.717, 1.165) is 12.0 Å². The summed E-state index contributed by atoms with van der Waals surface area (Å²) in [7, 11) is 0.